The summed E-state index contributed by atoms with van der Waals surface area (Å²) in [6.45, 7) is 3.54. The molecule has 2 rings (SSSR count). The highest BCUT2D eigenvalue weighted by Gasteiger charge is 2.06. The van der Waals surface area contributed by atoms with Crippen LogP contribution in [0.15, 0.2) is 35.5 Å². The van der Waals surface area contributed by atoms with Crippen LogP contribution in [0.4, 0.5) is 0 Å². The third kappa shape index (κ3) is 2.29. The Balaban J connectivity index is 2.31. The fourth-order valence-electron chi connectivity index (χ4n) is 1.80. The van der Waals surface area contributed by atoms with Crippen LogP contribution in [0.25, 0.3) is 0 Å². The van der Waals surface area contributed by atoms with E-state index >= 15 is 0 Å². The Kier molecular flexibility index (Phi) is 3.39. The molecule has 0 bridgehead atoms. The summed E-state index contributed by atoms with van der Waals surface area (Å²) in [6.07, 6.45) is 5.30. The monoisotopic (exact) mass is 232 g/mol. The summed E-state index contributed by atoms with van der Waals surface area (Å²) in [5, 5.41) is 0. The molecule has 0 saturated heterocycles. The lowest BCUT2D eigenvalue weighted by molar-refractivity contribution is 0.664. The molecule has 0 amide bonds. The lowest BCUT2D eigenvalue weighted by Gasteiger charge is -2.06. The van der Waals surface area contributed by atoms with E-state index in [1.165, 1.54) is 0 Å². The van der Waals surface area contributed by atoms with Crippen molar-refractivity contribution < 1.29 is 0 Å². The van der Waals surface area contributed by atoms with Gasteiger partial charge in [-0.25, -0.2) is 4.79 Å². The first kappa shape index (κ1) is 11.6. The van der Waals surface area contributed by atoms with Gasteiger partial charge < -0.3 is 5.73 Å². The van der Waals surface area contributed by atoms with Crippen LogP contribution in [-0.2, 0) is 19.6 Å². The van der Waals surface area contributed by atoms with Gasteiger partial charge >= 0.3 is 5.69 Å². The molecule has 5 nitrogen and oxygen atoms in total. The van der Waals surface area contributed by atoms with Gasteiger partial charge in [0.15, 0.2) is 0 Å². The van der Waals surface area contributed by atoms with Gasteiger partial charge in [-0.15, -0.1) is 0 Å². The molecule has 17 heavy (non-hydrogen) atoms. The molecule has 2 heterocycles. The lowest BCUT2D eigenvalue weighted by atomic mass is 10.2. The van der Waals surface area contributed by atoms with Crippen LogP contribution in [-0.4, -0.2) is 14.1 Å². The van der Waals surface area contributed by atoms with E-state index in [2.05, 4.69) is 4.98 Å². The zero-order valence-electron chi connectivity index (χ0n) is 9.84. The highest BCUT2D eigenvalue weighted by molar-refractivity contribution is 5.20. The van der Waals surface area contributed by atoms with E-state index in [9.17, 15) is 4.79 Å². The maximum atomic E-state index is 11.9. The van der Waals surface area contributed by atoms with E-state index in [4.69, 9.17) is 5.73 Å². The van der Waals surface area contributed by atoms with Gasteiger partial charge in [0.2, 0.25) is 0 Å². The quantitative estimate of drug-likeness (QED) is 0.838. The van der Waals surface area contributed by atoms with Gasteiger partial charge in [0, 0.05) is 31.7 Å². The fraction of sp³-hybridized carbons (Fsp3) is 0.333. The number of aryl methyl sites for hydroxylation is 1. The maximum absolute atomic E-state index is 11.9. The van der Waals surface area contributed by atoms with Crippen LogP contribution in [0.2, 0.25) is 0 Å². The molecule has 0 aliphatic rings. The molecule has 0 aliphatic carbocycles. The average molecular weight is 232 g/mol. The van der Waals surface area contributed by atoms with Crippen LogP contribution in [0.3, 0.4) is 0 Å². The Labute approximate surface area is 99.5 Å². The van der Waals surface area contributed by atoms with E-state index in [0.29, 0.717) is 19.6 Å². The van der Waals surface area contributed by atoms with Crippen molar-refractivity contribution in [2.75, 3.05) is 0 Å². The van der Waals surface area contributed by atoms with E-state index in [1.54, 1.807) is 27.7 Å². The third-order valence-electron chi connectivity index (χ3n) is 2.78. The number of imidazole rings is 1. The van der Waals surface area contributed by atoms with Crippen LogP contribution >= 0.6 is 0 Å². The summed E-state index contributed by atoms with van der Waals surface area (Å²) in [5.41, 5.74) is 7.45. The van der Waals surface area contributed by atoms with Gasteiger partial charge in [-0.05, 0) is 18.6 Å². The molecule has 0 saturated carbocycles. The van der Waals surface area contributed by atoms with Crippen molar-refractivity contribution in [2.45, 2.75) is 26.6 Å². The normalized spacial score (nSPS) is 10.7. The molecule has 0 unspecified atom stereocenters. The number of hydrogen-bond acceptors (Lipinski definition) is 3. The van der Waals surface area contributed by atoms with Gasteiger partial charge in [-0.3, -0.25) is 14.1 Å². The Morgan fingerprint density at radius 1 is 1.35 bits per heavy atom. The largest absolute Gasteiger partial charge is 0.328 e. The summed E-state index contributed by atoms with van der Waals surface area (Å²) in [7, 11) is 0. The molecule has 0 aromatic carbocycles. The van der Waals surface area contributed by atoms with E-state index in [1.807, 2.05) is 19.1 Å². The van der Waals surface area contributed by atoms with Crippen molar-refractivity contribution in [2.24, 2.45) is 5.73 Å². The number of rotatable bonds is 4. The number of pyridine rings is 1. The summed E-state index contributed by atoms with van der Waals surface area (Å²) in [5.74, 6) is 0. The average Bonchev–Trinajstić information content (AvgIpc) is 2.71. The smallest absolute Gasteiger partial charge is 0.325 e. The Hall–Kier alpha value is -1.88. The van der Waals surface area contributed by atoms with Crippen molar-refractivity contribution >= 4 is 0 Å². The van der Waals surface area contributed by atoms with Crippen LogP contribution in [0.5, 0.6) is 0 Å². The second-order valence-electron chi connectivity index (χ2n) is 3.81. The molecule has 0 radical (unpaired) electrons. The molecule has 2 N–H and O–H groups in total. The minimum Gasteiger partial charge on any atom is -0.325 e. The summed E-state index contributed by atoms with van der Waals surface area (Å²) in [4.78, 5) is 16.1. The minimum absolute atomic E-state index is 0.000625. The fourth-order valence-corrected chi connectivity index (χ4v) is 1.80. The number of nitrogens with two attached hydrogens (primary N) is 1. The van der Waals surface area contributed by atoms with E-state index in [0.717, 1.165) is 11.3 Å². The lowest BCUT2D eigenvalue weighted by Crippen LogP contribution is -2.24. The molecule has 0 atom stereocenters. The standard InChI is InChI=1S/C12H16N4O/c1-2-15-6-7-16(12(15)17)9-10-4-3-5-14-11(10)8-13/h3-7H,2,8-9,13H2,1H3. The number of nitrogens with zero attached hydrogens (tertiary/aromatic N) is 3. The minimum atomic E-state index is -0.000625. The van der Waals surface area contributed by atoms with Crippen LogP contribution < -0.4 is 11.4 Å². The zero-order chi connectivity index (χ0) is 12.3. The first-order valence-corrected chi connectivity index (χ1v) is 5.64. The Morgan fingerprint density at radius 3 is 2.76 bits per heavy atom. The molecular formula is C12H16N4O. The highest BCUT2D eigenvalue weighted by atomic mass is 16.1. The van der Waals surface area contributed by atoms with Gasteiger partial charge in [0.25, 0.3) is 0 Å². The molecular weight excluding hydrogens is 216 g/mol. The molecule has 0 spiro atoms. The number of hydrogen-bond donors (Lipinski definition) is 1. The summed E-state index contributed by atoms with van der Waals surface area (Å²) < 4.78 is 3.33. The Morgan fingerprint density at radius 2 is 2.12 bits per heavy atom. The van der Waals surface area contributed by atoms with Gasteiger partial charge in [0.1, 0.15) is 0 Å². The summed E-state index contributed by atoms with van der Waals surface area (Å²) in [6, 6.07) is 3.81. The SMILES string of the molecule is CCn1ccn(Cc2cccnc2CN)c1=O. The van der Waals surface area contributed by atoms with Crippen LogP contribution in [0.1, 0.15) is 18.2 Å². The van der Waals surface area contributed by atoms with Gasteiger partial charge in [-0.1, -0.05) is 6.07 Å². The molecule has 5 heteroatoms. The van der Waals surface area contributed by atoms with E-state index < -0.39 is 0 Å². The molecule has 0 fully saturated rings. The topological polar surface area (TPSA) is 65.8 Å². The highest BCUT2D eigenvalue weighted by Crippen LogP contribution is 2.05. The van der Waals surface area contributed by atoms with E-state index in [-0.39, 0.29) is 5.69 Å². The first-order chi connectivity index (χ1) is 8.26. The summed E-state index contributed by atoms with van der Waals surface area (Å²) >= 11 is 0. The van der Waals surface area contributed by atoms with Crippen molar-refractivity contribution in [3.05, 3.63) is 52.5 Å². The van der Waals surface area contributed by atoms with Crippen molar-refractivity contribution in [3.8, 4) is 0 Å². The zero-order valence-corrected chi connectivity index (χ0v) is 9.84. The van der Waals surface area contributed by atoms with Crippen molar-refractivity contribution in [3.63, 3.8) is 0 Å². The molecule has 0 aliphatic heterocycles. The molecule has 90 valence electrons. The van der Waals surface area contributed by atoms with Gasteiger partial charge in [-0.2, -0.15) is 0 Å². The first-order valence-electron chi connectivity index (χ1n) is 5.64. The predicted molar refractivity (Wildman–Crippen MR) is 65.6 cm³/mol. The predicted octanol–water partition coefficient (Wildman–Crippen LogP) is 0.572. The number of aromatic nitrogens is 3. The van der Waals surface area contributed by atoms with Gasteiger partial charge in [0.05, 0.1) is 12.2 Å². The second kappa shape index (κ2) is 4.97. The van der Waals surface area contributed by atoms with Crippen molar-refractivity contribution in [1.82, 2.24) is 14.1 Å². The Bertz CT molecular complexity index is 556. The van der Waals surface area contributed by atoms with Crippen molar-refractivity contribution in [1.29, 1.82) is 0 Å². The maximum Gasteiger partial charge on any atom is 0.328 e. The third-order valence-corrected chi connectivity index (χ3v) is 2.78. The molecule has 2 aromatic heterocycles. The van der Waals surface area contributed by atoms with Crippen LogP contribution in [0, 0.1) is 0 Å². The second-order valence-corrected chi connectivity index (χ2v) is 3.81. The molecule has 2 aromatic rings.